The first-order valence-electron chi connectivity index (χ1n) is 9.17. The van der Waals surface area contributed by atoms with E-state index in [1.807, 2.05) is 0 Å². The fourth-order valence-electron chi connectivity index (χ4n) is 4.33. The predicted octanol–water partition coefficient (Wildman–Crippen LogP) is 3.47. The second kappa shape index (κ2) is 5.30. The molecule has 0 spiro atoms. The van der Waals surface area contributed by atoms with E-state index in [0.29, 0.717) is 12.0 Å². The van der Waals surface area contributed by atoms with Crippen LogP contribution in [0.1, 0.15) is 53.9 Å². The van der Waals surface area contributed by atoms with Gasteiger partial charge in [0.15, 0.2) is 8.32 Å². The maximum atomic E-state index is 12.3. The topological polar surface area (TPSA) is 50.9 Å². The highest BCUT2D eigenvalue weighted by molar-refractivity contribution is 6.74. The Morgan fingerprint density at radius 1 is 1.35 bits per heavy atom. The average molecular weight is 340 g/mol. The molecule has 1 aliphatic carbocycles. The SMILES string of the molecule is CC1CCC[C@@H]2O[C@@]12[C@@H]1NC(=O)[C@@H]1[C@@H](C)O[Si](C)(C)C(C)(C)C. The highest BCUT2D eigenvalue weighted by Gasteiger charge is 2.71. The second-order valence-electron chi connectivity index (χ2n) is 9.39. The summed E-state index contributed by atoms with van der Waals surface area (Å²) in [6, 6.07) is 0.134. The van der Waals surface area contributed by atoms with Crippen molar-refractivity contribution in [1.29, 1.82) is 0 Å². The summed E-state index contributed by atoms with van der Waals surface area (Å²) in [6.07, 6.45) is 3.89. The molecule has 0 radical (unpaired) electrons. The smallest absolute Gasteiger partial charge is 0.228 e. The van der Waals surface area contributed by atoms with E-state index in [4.69, 9.17) is 9.16 Å². The van der Waals surface area contributed by atoms with E-state index in [0.717, 1.165) is 6.42 Å². The lowest BCUT2D eigenvalue weighted by Crippen LogP contribution is -2.70. The Bertz CT molecular complexity index is 501. The number of fused-ring (bicyclic) bond motifs is 1. The molecule has 1 unspecified atom stereocenters. The van der Waals surface area contributed by atoms with Crippen LogP contribution in [0.25, 0.3) is 0 Å². The molecule has 132 valence electrons. The summed E-state index contributed by atoms with van der Waals surface area (Å²) in [7, 11) is -1.87. The summed E-state index contributed by atoms with van der Waals surface area (Å²) in [6.45, 7) is 15.6. The van der Waals surface area contributed by atoms with Gasteiger partial charge >= 0.3 is 0 Å². The lowest BCUT2D eigenvalue weighted by molar-refractivity contribution is -0.144. The van der Waals surface area contributed by atoms with Gasteiger partial charge in [-0.1, -0.05) is 34.1 Å². The Hall–Kier alpha value is -0.393. The van der Waals surface area contributed by atoms with E-state index in [1.165, 1.54) is 12.8 Å². The Morgan fingerprint density at radius 3 is 2.52 bits per heavy atom. The van der Waals surface area contributed by atoms with E-state index in [-0.39, 0.29) is 34.6 Å². The lowest BCUT2D eigenvalue weighted by atomic mass is 9.68. The zero-order valence-electron chi connectivity index (χ0n) is 15.7. The molecule has 3 fully saturated rings. The largest absolute Gasteiger partial charge is 0.413 e. The van der Waals surface area contributed by atoms with E-state index < -0.39 is 8.32 Å². The zero-order valence-corrected chi connectivity index (χ0v) is 16.7. The third kappa shape index (κ3) is 2.59. The molecule has 1 N–H and O–H groups in total. The normalized spacial score (nSPS) is 41.6. The number of amides is 1. The summed E-state index contributed by atoms with van der Waals surface area (Å²) >= 11 is 0. The Kier molecular flexibility index (Phi) is 4.02. The lowest BCUT2D eigenvalue weighted by Gasteiger charge is -2.48. The minimum Gasteiger partial charge on any atom is -0.413 e. The van der Waals surface area contributed by atoms with Gasteiger partial charge in [0.25, 0.3) is 0 Å². The number of nitrogens with one attached hydrogen (secondary N) is 1. The summed E-state index contributed by atoms with van der Waals surface area (Å²) < 4.78 is 12.7. The molecule has 2 heterocycles. The van der Waals surface area contributed by atoms with Crippen LogP contribution in [0.4, 0.5) is 0 Å². The van der Waals surface area contributed by atoms with Crippen LogP contribution in [0.15, 0.2) is 0 Å². The highest BCUT2D eigenvalue weighted by atomic mass is 28.4. The summed E-state index contributed by atoms with van der Waals surface area (Å²) in [5.74, 6) is 0.603. The molecule has 0 aromatic heterocycles. The van der Waals surface area contributed by atoms with Crippen molar-refractivity contribution < 1.29 is 14.0 Å². The van der Waals surface area contributed by atoms with Gasteiger partial charge in [-0.2, -0.15) is 0 Å². The van der Waals surface area contributed by atoms with Crippen molar-refractivity contribution in [3.05, 3.63) is 0 Å². The van der Waals surface area contributed by atoms with Crippen molar-refractivity contribution in [3.63, 3.8) is 0 Å². The fraction of sp³-hybridized carbons (Fsp3) is 0.944. The van der Waals surface area contributed by atoms with E-state index in [1.54, 1.807) is 0 Å². The van der Waals surface area contributed by atoms with Gasteiger partial charge in [-0.05, 0) is 43.8 Å². The van der Waals surface area contributed by atoms with Crippen molar-refractivity contribution in [3.8, 4) is 0 Å². The Labute approximate surface area is 141 Å². The van der Waals surface area contributed by atoms with Gasteiger partial charge in [0.2, 0.25) is 5.91 Å². The van der Waals surface area contributed by atoms with Crippen LogP contribution in [0.2, 0.25) is 18.1 Å². The highest BCUT2D eigenvalue weighted by Crippen LogP contribution is 2.57. The minimum atomic E-state index is -1.87. The maximum Gasteiger partial charge on any atom is 0.228 e. The monoisotopic (exact) mass is 339 g/mol. The van der Waals surface area contributed by atoms with E-state index in [2.05, 4.69) is 53.0 Å². The number of rotatable bonds is 4. The summed E-state index contributed by atoms with van der Waals surface area (Å²) in [5, 5.41) is 3.31. The third-order valence-electron chi connectivity index (χ3n) is 6.90. The van der Waals surface area contributed by atoms with Crippen molar-refractivity contribution in [2.75, 3.05) is 0 Å². The van der Waals surface area contributed by atoms with Crippen LogP contribution in [0.5, 0.6) is 0 Å². The van der Waals surface area contributed by atoms with Gasteiger partial charge in [0, 0.05) is 0 Å². The Morgan fingerprint density at radius 2 is 2.00 bits per heavy atom. The molecule has 23 heavy (non-hydrogen) atoms. The zero-order chi connectivity index (χ0) is 17.2. The van der Waals surface area contributed by atoms with Crippen LogP contribution < -0.4 is 5.32 Å². The van der Waals surface area contributed by atoms with Crippen LogP contribution in [0.3, 0.4) is 0 Å². The molecule has 1 amide bonds. The molecule has 3 rings (SSSR count). The van der Waals surface area contributed by atoms with Gasteiger partial charge in [0.05, 0.1) is 24.2 Å². The molecule has 2 aliphatic heterocycles. The van der Waals surface area contributed by atoms with Gasteiger partial charge in [0.1, 0.15) is 5.60 Å². The van der Waals surface area contributed by atoms with E-state index in [9.17, 15) is 4.79 Å². The standard InChI is InChI=1S/C18H33NO3Si/c1-11-9-8-10-13-18(11,21-13)15-14(16(20)19-15)12(2)22-23(6,7)17(3,4)5/h11-15H,8-10H2,1-7H3,(H,19,20)/t11?,12-,13+,14-,15-,18+/m1/s1. The number of carbonyl (C=O) groups excluding carboxylic acids is 1. The quantitative estimate of drug-likeness (QED) is 0.485. The van der Waals surface area contributed by atoms with Crippen molar-refractivity contribution in [2.45, 2.75) is 95.9 Å². The number of carbonyl (C=O) groups is 1. The van der Waals surface area contributed by atoms with Gasteiger partial charge in [-0.3, -0.25) is 4.79 Å². The maximum absolute atomic E-state index is 12.3. The number of epoxide rings is 1. The molecule has 0 aromatic carbocycles. The van der Waals surface area contributed by atoms with Crippen LogP contribution in [-0.4, -0.2) is 38.1 Å². The molecule has 1 saturated carbocycles. The first-order chi connectivity index (χ1) is 10.5. The number of hydrogen-bond donors (Lipinski definition) is 1. The molecule has 0 aromatic rings. The average Bonchev–Trinajstić information content (AvgIpc) is 3.10. The van der Waals surface area contributed by atoms with Crippen molar-refractivity contribution >= 4 is 14.2 Å². The van der Waals surface area contributed by atoms with Crippen molar-refractivity contribution in [2.24, 2.45) is 11.8 Å². The van der Waals surface area contributed by atoms with Gasteiger partial charge in [-0.15, -0.1) is 0 Å². The van der Waals surface area contributed by atoms with Gasteiger partial charge < -0.3 is 14.5 Å². The van der Waals surface area contributed by atoms with Gasteiger partial charge in [-0.25, -0.2) is 0 Å². The molecule has 6 atom stereocenters. The first-order valence-corrected chi connectivity index (χ1v) is 12.1. The molecule has 4 nitrogen and oxygen atoms in total. The molecular formula is C18H33NO3Si. The molecular weight excluding hydrogens is 306 g/mol. The minimum absolute atomic E-state index is 0.0389. The summed E-state index contributed by atoms with van der Waals surface area (Å²) in [4.78, 5) is 12.3. The van der Waals surface area contributed by atoms with Crippen LogP contribution in [0, 0.1) is 11.8 Å². The van der Waals surface area contributed by atoms with E-state index >= 15 is 0 Å². The number of β-lactam (4-membered cyclic amide) rings is 1. The first kappa shape index (κ1) is 17.4. The fourth-order valence-corrected chi connectivity index (χ4v) is 5.76. The Balaban J connectivity index is 1.73. The third-order valence-corrected chi connectivity index (χ3v) is 11.5. The second-order valence-corrected chi connectivity index (χ2v) is 14.1. The molecule has 2 saturated heterocycles. The molecule has 3 aliphatic rings. The van der Waals surface area contributed by atoms with Crippen LogP contribution in [-0.2, 0) is 14.0 Å². The van der Waals surface area contributed by atoms with Crippen LogP contribution >= 0.6 is 0 Å². The number of ether oxygens (including phenoxy) is 1. The molecule has 5 heteroatoms. The number of hydrogen-bond acceptors (Lipinski definition) is 3. The predicted molar refractivity (Wildman–Crippen MR) is 93.8 cm³/mol. The summed E-state index contributed by atoms with van der Waals surface area (Å²) in [5.41, 5.74) is -0.109. The molecule has 0 bridgehead atoms. The van der Waals surface area contributed by atoms with Crippen molar-refractivity contribution in [1.82, 2.24) is 5.32 Å².